The highest BCUT2D eigenvalue weighted by atomic mass is 19.1. The van der Waals surface area contributed by atoms with Gasteiger partial charge in [0.2, 0.25) is 5.88 Å². The molecule has 5 aromatic rings. The minimum absolute atomic E-state index is 0.0589. The van der Waals surface area contributed by atoms with Crippen LogP contribution in [0.1, 0.15) is 31.5 Å². The first-order valence-electron chi connectivity index (χ1n) is 15.3. The molecule has 0 amide bonds. The van der Waals surface area contributed by atoms with Crippen molar-refractivity contribution in [3.05, 3.63) is 48.5 Å². The highest BCUT2D eigenvalue weighted by molar-refractivity contribution is 5.93. The van der Waals surface area contributed by atoms with Gasteiger partial charge in [-0.25, -0.2) is 19.6 Å². The molecule has 0 unspecified atom stereocenters. The fourth-order valence-corrected chi connectivity index (χ4v) is 6.15. The standard InChI is InChI=1S/C31H38FN11O/c1-21-8-16-44-31-24(19-35-40(31)3)30-33-10-7-27(37-30)36-28-17-26-23(18-34-28)29(38-43(21)26)25-6-5-22(39(25)2)20-42-14-12-41(13-15-42)11-4-9-32/h5-7,10,17-19,21H,4,8-9,11-16,20H2,1-3H3,(H,33,34,36,37)/t21-/m0/s1. The Balaban J connectivity index is 1.20. The van der Waals surface area contributed by atoms with E-state index < -0.39 is 0 Å². The molecule has 0 radical (unpaired) electrons. The Kier molecular flexibility index (Phi) is 7.73. The Labute approximate surface area is 255 Å². The molecule has 12 nitrogen and oxygen atoms in total. The number of pyridine rings is 1. The third-order valence-corrected chi connectivity index (χ3v) is 8.75. The number of rotatable bonds is 6. The van der Waals surface area contributed by atoms with Crippen molar-refractivity contribution in [2.24, 2.45) is 14.1 Å². The van der Waals surface area contributed by atoms with E-state index in [4.69, 9.17) is 19.8 Å². The van der Waals surface area contributed by atoms with Crippen molar-refractivity contribution in [1.29, 1.82) is 0 Å². The van der Waals surface area contributed by atoms with Gasteiger partial charge >= 0.3 is 0 Å². The summed E-state index contributed by atoms with van der Waals surface area (Å²) in [5, 5.41) is 13.9. The fourth-order valence-electron chi connectivity index (χ4n) is 6.15. The molecule has 2 aliphatic heterocycles. The van der Waals surface area contributed by atoms with E-state index in [9.17, 15) is 4.39 Å². The zero-order valence-electron chi connectivity index (χ0n) is 25.4. The van der Waals surface area contributed by atoms with Crippen LogP contribution in [0.5, 0.6) is 5.88 Å². The number of piperazine rings is 1. The van der Waals surface area contributed by atoms with Gasteiger partial charge < -0.3 is 19.5 Å². The monoisotopic (exact) mass is 599 g/mol. The Morgan fingerprint density at radius 1 is 1.02 bits per heavy atom. The number of ether oxygens (including phenoxy) is 1. The number of nitrogens with zero attached hydrogens (tertiary/aromatic N) is 10. The largest absolute Gasteiger partial charge is 0.477 e. The molecule has 0 saturated carbocycles. The average molecular weight is 600 g/mol. The zero-order valence-corrected chi connectivity index (χ0v) is 25.4. The number of anilines is 2. The van der Waals surface area contributed by atoms with Gasteiger partial charge in [0.1, 0.15) is 22.9 Å². The van der Waals surface area contributed by atoms with Crippen LogP contribution in [-0.2, 0) is 20.6 Å². The first-order chi connectivity index (χ1) is 21.5. The van der Waals surface area contributed by atoms with Crippen LogP contribution in [0.3, 0.4) is 0 Å². The zero-order chi connectivity index (χ0) is 30.2. The van der Waals surface area contributed by atoms with Gasteiger partial charge in [0, 0.05) is 89.3 Å². The van der Waals surface area contributed by atoms with Crippen LogP contribution in [0.4, 0.5) is 16.0 Å². The van der Waals surface area contributed by atoms with Gasteiger partial charge in [-0.2, -0.15) is 10.2 Å². The van der Waals surface area contributed by atoms with Gasteiger partial charge in [0.05, 0.1) is 36.7 Å². The molecule has 1 saturated heterocycles. The van der Waals surface area contributed by atoms with Crippen LogP contribution in [0.2, 0.25) is 0 Å². The summed E-state index contributed by atoms with van der Waals surface area (Å²) in [4.78, 5) is 18.8. The second-order valence-electron chi connectivity index (χ2n) is 11.7. The van der Waals surface area contributed by atoms with E-state index in [1.54, 1.807) is 17.1 Å². The van der Waals surface area contributed by atoms with Crippen molar-refractivity contribution in [3.8, 4) is 28.7 Å². The number of fused-ring (bicyclic) bond motifs is 5. The van der Waals surface area contributed by atoms with Crippen LogP contribution in [-0.4, -0.2) is 94.9 Å². The van der Waals surface area contributed by atoms with E-state index in [0.29, 0.717) is 36.4 Å². The predicted octanol–water partition coefficient (Wildman–Crippen LogP) is 4.19. The molecule has 230 valence electrons. The summed E-state index contributed by atoms with van der Waals surface area (Å²) in [5.41, 5.74) is 4.92. The van der Waals surface area contributed by atoms with Crippen molar-refractivity contribution < 1.29 is 9.13 Å². The Morgan fingerprint density at radius 3 is 2.70 bits per heavy atom. The third kappa shape index (κ3) is 5.41. The van der Waals surface area contributed by atoms with E-state index >= 15 is 0 Å². The molecule has 1 N–H and O–H groups in total. The van der Waals surface area contributed by atoms with Crippen LogP contribution in [0.15, 0.2) is 42.9 Å². The van der Waals surface area contributed by atoms with E-state index in [1.807, 2.05) is 25.4 Å². The summed E-state index contributed by atoms with van der Waals surface area (Å²) in [6.45, 7) is 8.04. The molecule has 0 aromatic carbocycles. The minimum Gasteiger partial charge on any atom is -0.477 e. The molecule has 7 rings (SSSR count). The molecule has 0 aliphatic carbocycles. The summed E-state index contributed by atoms with van der Waals surface area (Å²) in [5.74, 6) is 2.48. The molecule has 0 spiro atoms. The number of halogens is 1. The van der Waals surface area contributed by atoms with Crippen molar-refractivity contribution >= 4 is 22.5 Å². The van der Waals surface area contributed by atoms with Crippen molar-refractivity contribution in [2.45, 2.75) is 32.4 Å². The van der Waals surface area contributed by atoms with Crippen LogP contribution < -0.4 is 10.1 Å². The number of hydrogen-bond acceptors (Lipinski definition) is 9. The molecule has 1 fully saturated rings. The highest BCUT2D eigenvalue weighted by Gasteiger charge is 2.23. The van der Waals surface area contributed by atoms with E-state index in [-0.39, 0.29) is 12.7 Å². The van der Waals surface area contributed by atoms with Gasteiger partial charge in [-0.05, 0) is 31.5 Å². The summed E-state index contributed by atoms with van der Waals surface area (Å²) >= 11 is 0. The normalized spacial score (nSPS) is 17.8. The first-order valence-corrected chi connectivity index (χ1v) is 15.3. The number of hydrogen-bond donors (Lipinski definition) is 1. The number of aryl methyl sites for hydroxylation is 1. The average Bonchev–Trinajstić information content (AvgIpc) is 3.71. The lowest BCUT2D eigenvalue weighted by atomic mass is 10.2. The second kappa shape index (κ2) is 12.0. The van der Waals surface area contributed by atoms with Crippen LogP contribution >= 0.6 is 0 Å². The Bertz CT molecular complexity index is 1770. The lowest BCUT2D eigenvalue weighted by molar-refractivity contribution is 0.122. The predicted molar refractivity (Wildman–Crippen MR) is 167 cm³/mol. The number of nitrogens with one attached hydrogen (secondary N) is 1. The molecule has 5 aromatic heterocycles. The smallest absolute Gasteiger partial charge is 0.222 e. The van der Waals surface area contributed by atoms with E-state index in [1.165, 1.54) is 5.69 Å². The van der Waals surface area contributed by atoms with Gasteiger partial charge in [0.25, 0.3) is 0 Å². The molecule has 44 heavy (non-hydrogen) atoms. The lowest BCUT2D eigenvalue weighted by Gasteiger charge is -2.34. The maximum absolute atomic E-state index is 12.6. The molecule has 2 aliphatic rings. The van der Waals surface area contributed by atoms with Gasteiger partial charge in [0.15, 0.2) is 5.82 Å². The molecule has 7 heterocycles. The molecule has 4 bridgehead atoms. The Hall–Kier alpha value is -4.36. The van der Waals surface area contributed by atoms with Crippen LogP contribution in [0, 0.1) is 0 Å². The maximum atomic E-state index is 12.6. The van der Waals surface area contributed by atoms with E-state index in [0.717, 1.165) is 73.5 Å². The van der Waals surface area contributed by atoms with E-state index in [2.05, 4.69) is 60.6 Å². The van der Waals surface area contributed by atoms with Gasteiger partial charge in [-0.3, -0.25) is 14.0 Å². The summed E-state index contributed by atoms with van der Waals surface area (Å²) in [7, 11) is 3.97. The van der Waals surface area contributed by atoms with Gasteiger partial charge in [-0.15, -0.1) is 0 Å². The number of aromatic nitrogens is 8. The maximum Gasteiger partial charge on any atom is 0.222 e. The lowest BCUT2D eigenvalue weighted by Crippen LogP contribution is -2.46. The summed E-state index contributed by atoms with van der Waals surface area (Å²) in [6.07, 6.45) is 6.70. The molecular weight excluding hydrogens is 561 g/mol. The molecular formula is C31H38FN11O. The topological polar surface area (TPSA) is 107 Å². The fraction of sp³-hybridized carbons (Fsp3) is 0.452. The summed E-state index contributed by atoms with van der Waals surface area (Å²) in [6, 6.07) is 8.28. The van der Waals surface area contributed by atoms with Gasteiger partial charge in [-0.1, -0.05) is 0 Å². The highest BCUT2D eigenvalue weighted by Crippen LogP contribution is 2.34. The SMILES string of the molecule is C[C@H]1CCOc2c(cnn2C)-c2nccc(n2)Nc2cc3c(cn2)c(-c2ccc(CN4CCN(CCCF)CC4)n2C)nn31. The minimum atomic E-state index is -0.244. The quantitative estimate of drug-likeness (QED) is 0.308. The molecule has 13 heteroatoms. The third-order valence-electron chi connectivity index (χ3n) is 8.75. The first kappa shape index (κ1) is 28.4. The summed E-state index contributed by atoms with van der Waals surface area (Å²) < 4.78 is 24.9. The Morgan fingerprint density at radius 2 is 1.86 bits per heavy atom. The van der Waals surface area contributed by atoms with Crippen molar-refractivity contribution in [2.75, 3.05) is 51.3 Å². The number of alkyl halides is 1. The van der Waals surface area contributed by atoms with Crippen molar-refractivity contribution in [3.63, 3.8) is 0 Å². The van der Waals surface area contributed by atoms with Crippen LogP contribution in [0.25, 0.3) is 33.7 Å². The second-order valence-corrected chi connectivity index (χ2v) is 11.7. The molecule has 1 atom stereocenters. The van der Waals surface area contributed by atoms with Crippen molar-refractivity contribution in [1.82, 2.24) is 48.9 Å².